The first-order valence-electron chi connectivity index (χ1n) is 11.2. The maximum absolute atomic E-state index is 12.8. The minimum Gasteiger partial charge on any atom is -0.466 e. The summed E-state index contributed by atoms with van der Waals surface area (Å²) in [7, 11) is 1.57. The Labute approximate surface area is 192 Å². The lowest BCUT2D eigenvalue weighted by atomic mass is 9.71. The van der Waals surface area contributed by atoms with Gasteiger partial charge in [-0.1, -0.05) is 60.7 Å². The number of benzene rings is 2. The molecule has 7 heteroatoms. The van der Waals surface area contributed by atoms with E-state index < -0.39 is 36.3 Å². The van der Waals surface area contributed by atoms with E-state index in [-0.39, 0.29) is 11.8 Å². The SMILES string of the molecule is CO[C@H]1OC2=CC[C@@H]3C(=O)NC(=O)[C@@H]3[C@@H]2[C@H](OCc2ccccc2)[C@H]1OCc1ccccc1. The van der Waals surface area contributed by atoms with Crippen LogP contribution >= 0.6 is 0 Å². The Balaban J connectivity index is 1.46. The number of imide groups is 1. The van der Waals surface area contributed by atoms with Crippen LogP contribution in [0, 0.1) is 17.8 Å². The standard InChI is InChI=1S/C26H27NO6/c1-30-26-23(32-15-17-10-6-3-7-11-17)22(31-14-16-8-4-2-5-9-16)21-19(33-26)13-12-18-20(21)25(29)27-24(18)28/h2-11,13,18,20-23,26H,12,14-15H2,1H3,(H,27,28,29)/t18-,20-,21+,22-,23+,26-/m0/s1. The van der Waals surface area contributed by atoms with Gasteiger partial charge in [0.05, 0.1) is 31.0 Å². The predicted octanol–water partition coefficient (Wildman–Crippen LogP) is 2.95. The highest BCUT2D eigenvalue weighted by atomic mass is 16.7. The van der Waals surface area contributed by atoms with Crippen molar-refractivity contribution in [1.29, 1.82) is 0 Å². The van der Waals surface area contributed by atoms with E-state index in [9.17, 15) is 9.59 Å². The van der Waals surface area contributed by atoms with Crippen LogP contribution in [0.3, 0.4) is 0 Å². The van der Waals surface area contributed by atoms with E-state index in [0.29, 0.717) is 25.4 Å². The first kappa shape index (κ1) is 21.8. The van der Waals surface area contributed by atoms with Gasteiger partial charge in [0.15, 0.2) is 0 Å². The van der Waals surface area contributed by atoms with Gasteiger partial charge in [-0.2, -0.15) is 0 Å². The molecular weight excluding hydrogens is 422 g/mol. The van der Waals surface area contributed by atoms with Crippen molar-refractivity contribution in [1.82, 2.24) is 5.32 Å². The number of rotatable bonds is 7. The minimum absolute atomic E-state index is 0.238. The number of methoxy groups -OCH3 is 1. The molecule has 0 saturated carbocycles. The third-order valence-electron chi connectivity index (χ3n) is 6.61. The van der Waals surface area contributed by atoms with Crippen LogP contribution in [0.4, 0.5) is 0 Å². The topological polar surface area (TPSA) is 83.1 Å². The zero-order chi connectivity index (χ0) is 22.8. The molecule has 172 valence electrons. The number of fused-ring (bicyclic) bond motifs is 3. The van der Waals surface area contributed by atoms with Crippen molar-refractivity contribution in [2.45, 2.75) is 38.1 Å². The summed E-state index contributed by atoms with van der Waals surface area (Å²) in [4.78, 5) is 25.2. The monoisotopic (exact) mass is 449 g/mol. The van der Waals surface area contributed by atoms with Gasteiger partial charge in [0.25, 0.3) is 0 Å². The molecule has 2 heterocycles. The zero-order valence-corrected chi connectivity index (χ0v) is 18.4. The van der Waals surface area contributed by atoms with Gasteiger partial charge >= 0.3 is 0 Å². The van der Waals surface area contributed by atoms with Crippen molar-refractivity contribution in [3.63, 3.8) is 0 Å². The fourth-order valence-corrected chi connectivity index (χ4v) is 5.01. The van der Waals surface area contributed by atoms with Gasteiger partial charge < -0.3 is 18.9 Å². The molecule has 2 aromatic rings. The molecule has 33 heavy (non-hydrogen) atoms. The number of hydrogen-bond acceptors (Lipinski definition) is 6. The lowest BCUT2D eigenvalue weighted by molar-refractivity contribution is -0.260. The maximum Gasteiger partial charge on any atom is 0.231 e. The summed E-state index contributed by atoms with van der Waals surface area (Å²) in [5.74, 6) is -1.31. The average molecular weight is 450 g/mol. The van der Waals surface area contributed by atoms with E-state index in [4.69, 9.17) is 18.9 Å². The number of carbonyl (C=O) groups is 2. The fraction of sp³-hybridized carbons (Fsp3) is 0.385. The zero-order valence-electron chi connectivity index (χ0n) is 18.4. The van der Waals surface area contributed by atoms with E-state index in [1.807, 2.05) is 66.7 Å². The molecule has 3 aliphatic rings. The van der Waals surface area contributed by atoms with Gasteiger partial charge in [-0.15, -0.1) is 0 Å². The molecule has 0 unspecified atom stereocenters. The largest absolute Gasteiger partial charge is 0.466 e. The minimum atomic E-state index is -0.700. The van der Waals surface area contributed by atoms with Crippen LogP contribution in [0.5, 0.6) is 0 Å². The molecular formula is C26H27NO6. The Morgan fingerprint density at radius 1 is 0.848 bits per heavy atom. The van der Waals surface area contributed by atoms with Crippen LogP contribution in [0.25, 0.3) is 0 Å². The van der Waals surface area contributed by atoms with Crippen LogP contribution in [0.15, 0.2) is 72.5 Å². The van der Waals surface area contributed by atoms with Crippen molar-refractivity contribution in [2.75, 3.05) is 7.11 Å². The lowest BCUT2D eigenvalue weighted by Crippen LogP contribution is -2.56. The molecule has 6 atom stereocenters. The van der Waals surface area contributed by atoms with E-state index in [0.717, 1.165) is 11.1 Å². The highest BCUT2D eigenvalue weighted by Crippen LogP contribution is 2.46. The van der Waals surface area contributed by atoms with E-state index in [1.165, 1.54) is 0 Å². The summed E-state index contributed by atoms with van der Waals surface area (Å²) >= 11 is 0. The number of hydrogen-bond donors (Lipinski definition) is 1. The Hall–Kier alpha value is -3.00. The first-order chi connectivity index (χ1) is 16.2. The van der Waals surface area contributed by atoms with Crippen molar-refractivity contribution >= 4 is 11.8 Å². The first-order valence-corrected chi connectivity index (χ1v) is 11.2. The second kappa shape index (κ2) is 9.47. The molecule has 0 spiro atoms. The third kappa shape index (κ3) is 4.31. The highest BCUT2D eigenvalue weighted by Gasteiger charge is 2.57. The van der Waals surface area contributed by atoms with Gasteiger partial charge in [0.2, 0.25) is 18.1 Å². The van der Waals surface area contributed by atoms with Crippen molar-refractivity contribution < 1.29 is 28.5 Å². The maximum atomic E-state index is 12.8. The highest BCUT2D eigenvalue weighted by molar-refractivity contribution is 6.05. The third-order valence-corrected chi connectivity index (χ3v) is 6.61. The smallest absolute Gasteiger partial charge is 0.231 e. The Bertz CT molecular complexity index is 1020. The summed E-state index contributed by atoms with van der Waals surface area (Å²) in [5.41, 5.74) is 2.01. The molecule has 0 aromatic heterocycles. The number of amides is 2. The number of nitrogens with one attached hydrogen (secondary N) is 1. The number of allylic oxidation sites excluding steroid dienone is 1. The van der Waals surface area contributed by atoms with E-state index in [1.54, 1.807) is 7.11 Å². The molecule has 2 aromatic carbocycles. The molecule has 2 aliphatic heterocycles. The Morgan fingerprint density at radius 2 is 1.45 bits per heavy atom. The second-order valence-corrected chi connectivity index (χ2v) is 8.60. The predicted molar refractivity (Wildman–Crippen MR) is 118 cm³/mol. The summed E-state index contributed by atoms with van der Waals surface area (Å²) < 4.78 is 24.6. The molecule has 2 fully saturated rings. The molecule has 7 nitrogen and oxygen atoms in total. The number of ether oxygens (including phenoxy) is 4. The molecule has 0 bridgehead atoms. The van der Waals surface area contributed by atoms with Crippen LogP contribution < -0.4 is 5.32 Å². The van der Waals surface area contributed by atoms with E-state index in [2.05, 4.69) is 5.32 Å². The average Bonchev–Trinajstić information content (AvgIpc) is 3.15. The molecule has 5 rings (SSSR count). The van der Waals surface area contributed by atoms with Gasteiger partial charge in [-0.25, -0.2) is 0 Å². The molecule has 1 N–H and O–H groups in total. The number of carbonyl (C=O) groups excluding carboxylic acids is 2. The van der Waals surface area contributed by atoms with Gasteiger partial charge in [-0.3, -0.25) is 14.9 Å². The Morgan fingerprint density at radius 3 is 2.06 bits per heavy atom. The van der Waals surface area contributed by atoms with E-state index >= 15 is 0 Å². The quantitative estimate of drug-likeness (QED) is 0.655. The van der Waals surface area contributed by atoms with Gasteiger partial charge in [-0.05, 0) is 23.6 Å². The van der Waals surface area contributed by atoms with Crippen LogP contribution in [0.2, 0.25) is 0 Å². The van der Waals surface area contributed by atoms with Crippen molar-refractivity contribution in [2.24, 2.45) is 17.8 Å². The summed E-state index contributed by atoms with van der Waals surface area (Å²) in [6.07, 6.45) is 0.508. The normalized spacial score (nSPS) is 30.6. The molecule has 2 amide bonds. The van der Waals surface area contributed by atoms with Crippen LogP contribution in [-0.2, 0) is 41.8 Å². The molecule has 2 saturated heterocycles. The van der Waals surface area contributed by atoms with Crippen LogP contribution in [0.1, 0.15) is 17.5 Å². The molecule has 1 aliphatic carbocycles. The van der Waals surface area contributed by atoms with Crippen molar-refractivity contribution in [3.05, 3.63) is 83.6 Å². The second-order valence-electron chi connectivity index (χ2n) is 8.60. The van der Waals surface area contributed by atoms with Gasteiger partial charge in [0.1, 0.15) is 18.0 Å². The fourth-order valence-electron chi connectivity index (χ4n) is 5.01. The lowest BCUT2D eigenvalue weighted by Gasteiger charge is -2.46. The summed E-state index contributed by atoms with van der Waals surface area (Å²) in [6, 6.07) is 19.6. The van der Waals surface area contributed by atoms with Crippen molar-refractivity contribution in [3.8, 4) is 0 Å². The Kier molecular flexibility index (Phi) is 6.26. The molecule has 0 radical (unpaired) electrons. The van der Waals surface area contributed by atoms with Crippen LogP contribution in [-0.4, -0.2) is 37.4 Å². The summed E-state index contributed by atoms with van der Waals surface area (Å²) in [6.45, 7) is 0.675. The summed E-state index contributed by atoms with van der Waals surface area (Å²) in [5, 5.41) is 2.49. The van der Waals surface area contributed by atoms with Gasteiger partial charge in [0, 0.05) is 7.11 Å².